The molecule has 124 valence electrons. The number of anilines is 2. The molecule has 3 rings (SSSR count). The lowest BCUT2D eigenvalue weighted by Gasteiger charge is -2.16. The zero-order valence-corrected chi connectivity index (χ0v) is 13.8. The maximum absolute atomic E-state index is 12.6. The topological polar surface area (TPSA) is 58.6 Å². The van der Waals surface area contributed by atoms with Crippen LogP contribution in [0.25, 0.3) is 0 Å². The lowest BCUT2D eigenvalue weighted by atomic mass is 10.2. The van der Waals surface area contributed by atoms with Crippen molar-refractivity contribution in [2.75, 3.05) is 16.8 Å². The number of carbonyl (C=O) groups excluding carboxylic acids is 2. The SMILES string of the molecule is CCOc1ccc(N2C(=O)CC(Nc3cccc(C)c3)C2=O)cc1. The summed E-state index contributed by atoms with van der Waals surface area (Å²) in [6, 6.07) is 14.2. The second kappa shape index (κ2) is 6.74. The fourth-order valence-corrected chi connectivity index (χ4v) is 2.81. The van der Waals surface area contributed by atoms with E-state index in [9.17, 15) is 9.59 Å². The number of hydrogen-bond donors (Lipinski definition) is 1. The van der Waals surface area contributed by atoms with E-state index in [4.69, 9.17) is 4.74 Å². The maximum atomic E-state index is 12.6. The van der Waals surface area contributed by atoms with Gasteiger partial charge < -0.3 is 10.1 Å². The molecule has 2 aromatic carbocycles. The van der Waals surface area contributed by atoms with Crippen LogP contribution in [0.5, 0.6) is 5.75 Å². The molecule has 1 aliphatic rings. The molecule has 1 saturated heterocycles. The van der Waals surface area contributed by atoms with Crippen LogP contribution in [0, 0.1) is 6.92 Å². The van der Waals surface area contributed by atoms with Crippen LogP contribution in [0.2, 0.25) is 0 Å². The molecule has 0 bridgehead atoms. The Balaban J connectivity index is 1.76. The average molecular weight is 324 g/mol. The summed E-state index contributed by atoms with van der Waals surface area (Å²) in [5.74, 6) is 0.287. The monoisotopic (exact) mass is 324 g/mol. The average Bonchev–Trinajstić information content (AvgIpc) is 2.83. The van der Waals surface area contributed by atoms with Gasteiger partial charge in [-0.05, 0) is 55.8 Å². The van der Waals surface area contributed by atoms with Crippen molar-refractivity contribution in [3.05, 3.63) is 54.1 Å². The van der Waals surface area contributed by atoms with Crippen molar-refractivity contribution in [2.45, 2.75) is 26.3 Å². The van der Waals surface area contributed by atoms with Crippen LogP contribution in [0.3, 0.4) is 0 Å². The first-order chi connectivity index (χ1) is 11.6. The molecule has 2 aromatic rings. The summed E-state index contributed by atoms with van der Waals surface area (Å²) in [6.45, 7) is 4.46. The van der Waals surface area contributed by atoms with Crippen molar-refractivity contribution in [2.24, 2.45) is 0 Å². The first-order valence-electron chi connectivity index (χ1n) is 8.01. The highest BCUT2D eigenvalue weighted by atomic mass is 16.5. The number of benzene rings is 2. The van der Waals surface area contributed by atoms with E-state index in [1.54, 1.807) is 24.3 Å². The number of amides is 2. The molecule has 2 amide bonds. The van der Waals surface area contributed by atoms with Gasteiger partial charge >= 0.3 is 0 Å². The number of nitrogens with one attached hydrogen (secondary N) is 1. The van der Waals surface area contributed by atoms with Gasteiger partial charge in [-0.2, -0.15) is 0 Å². The Morgan fingerprint density at radius 3 is 2.58 bits per heavy atom. The number of aryl methyl sites for hydroxylation is 1. The molecule has 1 atom stereocenters. The molecule has 1 aliphatic heterocycles. The van der Waals surface area contributed by atoms with Gasteiger partial charge in [0.25, 0.3) is 5.91 Å². The molecule has 0 aliphatic carbocycles. The van der Waals surface area contributed by atoms with Gasteiger partial charge in [0.05, 0.1) is 18.7 Å². The summed E-state index contributed by atoms with van der Waals surface area (Å²) in [7, 11) is 0. The Bertz CT molecular complexity index is 755. The number of carbonyl (C=O) groups is 2. The number of nitrogens with zero attached hydrogens (tertiary/aromatic N) is 1. The molecule has 1 fully saturated rings. The van der Waals surface area contributed by atoms with Crippen LogP contribution in [-0.2, 0) is 9.59 Å². The molecule has 24 heavy (non-hydrogen) atoms. The summed E-state index contributed by atoms with van der Waals surface area (Å²) in [5, 5.41) is 3.16. The number of ether oxygens (including phenoxy) is 1. The summed E-state index contributed by atoms with van der Waals surface area (Å²) >= 11 is 0. The lowest BCUT2D eigenvalue weighted by molar-refractivity contribution is -0.121. The third-order valence-corrected chi connectivity index (χ3v) is 3.91. The normalized spacial score (nSPS) is 17.2. The van der Waals surface area contributed by atoms with Crippen LogP contribution in [0.1, 0.15) is 18.9 Å². The summed E-state index contributed by atoms with van der Waals surface area (Å²) in [5.41, 5.74) is 2.51. The molecule has 1 unspecified atom stereocenters. The quantitative estimate of drug-likeness (QED) is 0.859. The third kappa shape index (κ3) is 3.25. The summed E-state index contributed by atoms with van der Waals surface area (Å²) in [4.78, 5) is 26.2. The van der Waals surface area contributed by atoms with Gasteiger partial charge in [0, 0.05) is 5.69 Å². The molecule has 1 N–H and O–H groups in total. The molecular weight excluding hydrogens is 304 g/mol. The van der Waals surface area contributed by atoms with Crippen LogP contribution in [0.4, 0.5) is 11.4 Å². The van der Waals surface area contributed by atoms with E-state index < -0.39 is 6.04 Å². The Hall–Kier alpha value is -2.82. The Morgan fingerprint density at radius 2 is 1.92 bits per heavy atom. The molecule has 0 saturated carbocycles. The summed E-state index contributed by atoms with van der Waals surface area (Å²) < 4.78 is 5.39. The van der Waals surface area contributed by atoms with Crippen LogP contribution < -0.4 is 15.0 Å². The predicted octanol–water partition coefficient (Wildman–Crippen LogP) is 3.14. The molecule has 1 heterocycles. The van der Waals surface area contributed by atoms with Gasteiger partial charge in [0.2, 0.25) is 5.91 Å². The fourth-order valence-electron chi connectivity index (χ4n) is 2.81. The van der Waals surface area contributed by atoms with Gasteiger partial charge in [-0.25, -0.2) is 4.90 Å². The largest absolute Gasteiger partial charge is 0.494 e. The van der Waals surface area contributed by atoms with Crippen LogP contribution >= 0.6 is 0 Å². The zero-order valence-electron chi connectivity index (χ0n) is 13.8. The van der Waals surface area contributed by atoms with E-state index in [-0.39, 0.29) is 18.2 Å². The minimum absolute atomic E-state index is 0.153. The molecule has 5 nitrogen and oxygen atoms in total. The van der Waals surface area contributed by atoms with Crippen molar-refractivity contribution in [1.82, 2.24) is 0 Å². The second-order valence-electron chi connectivity index (χ2n) is 5.76. The van der Waals surface area contributed by atoms with Crippen molar-refractivity contribution in [3.63, 3.8) is 0 Å². The standard InChI is InChI=1S/C19H20N2O3/c1-3-24-16-9-7-15(8-10-16)21-18(22)12-17(19(21)23)20-14-6-4-5-13(2)11-14/h4-11,17,20H,3,12H2,1-2H3. The minimum atomic E-state index is -0.536. The second-order valence-corrected chi connectivity index (χ2v) is 5.76. The molecule has 0 radical (unpaired) electrons. The Morgan fingerprint density at radius 1 is 1.17 bits per heavy atom. The van der Waals surface area contributed by atoms with Gasteiger partial charge in [0.15, 0.2) is 0 Å². The number of imide groups is 1. The zero-order chi connectivity index (χ0) is 17.1. The maximum Gasteiger partial charge on any atom is 0.256 e. The number of hydrogen-bond acceptors (Lipinski definition) is 4. The minimum Gasteiger partial charge on any atom is -0.494 e. The molecule has 0 spiro atoms. The van der Waals surface area contributed by atoms with E-state index >= 15 is 0 Å². The van der Waals surface area contributed by atoms with Crippen molar-refractivity contribution in [1.29, 1.82) is 0 Å². The number of rotatable bonds is 5. The van der Waals surface area contributed by atoms with E-state index in [1.165, 1.54) is 4.90 Å². The molecule has 5 heteroatoms. The van der Waals surface area contributed by atoms with Gasteiger partial charge in [-0.1, -0.05) is 12.1 Å². The first-order valence-corrected chi connectivity index (χ1v) is 8.01. The van der Waals surface area contributed by atoms with Crippen molar-refractivity contribution < 1.29 is 14.3 Å². The summed E-state index contributed by atoms with van der Waals surface area (Å²) in [6.07, 6.45) is 0.153. The smallest absolute Gasteiger partial charge is 0.256 e. The van der Waals surface area contributed by atoms with E-state index in [0.29, 0.717) is 12.3 Å². The highest BCUT2D eigenvalue weighted by Gasteiger charge is 2.39. The lowest BCUT2D eigenvalue weighted by Crippen LogP contribution is -2.34. The van der Waals surface area contributed by atoms with Crippen LogP contribution in [-0.4, -0.2) is 24.5 Å². The van der Waals surface area contributed by atoms with Gasteiger partial charge in [0.1, 0.15) is 11.8 Å². The van der Waals surface area contributed by atoms with Gasteiger partial charge in [-0.15, -0.1) is 0 Å². The van der Waals surface area contributed by atoms with Gasteiger partial charge in [-0.3, -0.25) is 9.59 Å². The van der Waals surface area contributed by atoms with E-state index in [0.717, 1.165) is 17.0 Å². The van der Waals surface area contributed by atoms with Crippen LogP contribution in [0.15, 0.2) is 48.5 Å². The highest BCUT2D eigenvalue weighted by molar-refractivity contribution is 6.23. The fraction of sp³-hybridized carbons (Fsp3) is 0.263. The molecule has 0 aromatic heterocycles. The van der Waals surface area contributed by atoms with Crippen molar-refractivity contribution >= 4 is 23.2 Å². The predicted molar refractivity (Wildman–Crippen MR) is 93.3 cm³/mol. The highest BCUT2D eigenvalue weighted by Crippen LogP contribution is 2.27. The third-order valence-electron chi connectivity index (χ3n) is 3.91. The first kappa shape index (κ1) is 16.1. The Kier molecular flexibility index (Phi) is 4.51. The van der Waals surface area contributed by atoms with E-state index in [1.807, 2.05) is 38.1 Å². The van der Waals surface area contributed by atoms with E-state index in [2.05, 4.69) is 5.32 Å². The molecular formula is C19H20N2O3. The van der Waals surface area contributed by atoms with Crippen molar-refractivity contribution in [3.8, 4) is 5.75 Å². The Labute approximate surface area is 141 Å².